The van der Waals surface area contributed by atoms with Crippen molar-refractivity contribution in [1.29, 1.82) is 0 Å². The number of aryl methyl sites for hydroxylation is 5. The van der Waals surface area contributed by atoms with Crippen LogP contribution in [0.15, 0.2) is 71.9 Å². The molecule has 0 N–H and O–H groups in total. The van der Waals surface area contributed by atoms with Crippen LogP contribution in [0.2, 0.25) is 0 Å². The number of halogens is 1. The lowest BCUT2D eigenvalue weighted by Crippen LogP contribution is -2.06. The number of benzene rings is 3. The fraction of sp³-hybridized carbons (Fsp3) is 0.241. The zero-order valence-corrected chi connectivity index (χ0v) is 20.4. The maximum atomic E-state index is 4.64. The molecule has 1 aromatic heterocycles. The van der Waals surface area contributed by atoms with Crippen LogP contribution >= 0.6 is 11.6 Å². The molecule has 0 unspecified atom stereocenters. The summed E-state index contributed by atoms with van der Waals surface area (Å²) in [5.74, 6) is 0. The van der Waals surface area contributed by atoms with E-state index in [-0.39, 0.29) is 0 Å². The number of rotatable bonds is 1. The van der Waals surface area contributed by atoms with Crippen molar-refractivity contribution < 1.29 is 0 Å². The Morgan fingerprint density at radius 3 is 2.25 bits per heavy atom. The van der Waals surface area contributed by atoms with Gasteiger partial charge in [0, 0.05) is 29.7 Å². The van der Waals surface area contributed by atoms with E-state index in [0.29, 0.717) is 0 Å². The summed E-state index contributed by atoms with van der Waals surface area (Å²) in [6.07, 6.45) is 7.49. The second kappa shape index (κ2) is 11.1. The van der Waals surface area contributed by atoms with E-state index < -0.39 is 0 Å². The van der Waals surface area contributed by atoms with E-state index in [1.54, 1.807) is 0 Å². The maximum absolute atomic E-state index is 4.64. The summed E-state index contributed by atoms with van der Waals surface area (Å²) in [4.78, 5) is 8.99. The molecular weight excluding hydrogens is 412 g/mol. The highest BCUT2D eigenvalue weighted by atomic mass is 35.5. The van der Waals surface area contributed by atoms with Crippen molar-refractivity contribution in [2.45, 2.75) is 40.5 Å². The molecule has 0 atom stereocenters. The van der Waals surface area contributed by atoms with Crippen LogP contribution in [0.25, 0.3) is 22.0 Å². The first-order valence-corrected chi connectivity index (χ1v) is 11.7. The summed E-state index contributed by atoms with van der Waals surface area (Å²) < 4.78 is 0. The van der Waals surface area contributed by atoms with Crippen LogP contribution < -0.4 is 0 Å². The molecule has 3 aromatic carbocycles. The molecule has 4 aromatic rings. The normalized spacial score (nSPS) is 11.7. The molecule has 0 saturated carbocycles. The van der Waals surface area contributed by atoms with E-state index in [9.17, 15) is 0 Å². The van der Waals surface area contributed by atoms with Crippen molar-refractivity contribution in [3.63, 3.8) is 0 Å². The molecule has 0 fully saturated rings. The van der Waals surface area contributed by atoms with Crippen molar-refractivity contribution in [3.8, 4) is 11.3 Å². The average molecular weight is 443 g/mol. The summed E-state index contributed by atoms with van der Waals surface area (Å²) in [5.41, 5.74) is 10.4. The van der Waals surface area contributed by atoms with Crippen LogP contribution in [0.1, 0.15) is 34.7 Å². The van der Waals surface area contributed by atoms with Crippen LogP contribution in [0.3, 0.4) is 0 Å². The first kappa shape index (κ1) is 23.7. The Hall–Kier alpha value is -2.97. The molecule has 0 radical (unpaired) electrons. The van der Waals surface area contributed by atoms with E-state index in [4.69, 9.17) is 0 Å². The minimum Gasteiger partial charge on any atom is -0.261 e. The van der Waals surface area contributed by atoms with Crippen LogP contribution in [0, 0.1) is 20.8 Å². The molecule has 1 aliphatic carbocycles. The van der Waals surface area contributed by atoms with E-state index in [1.807, 2.05) is 25.4 Å². The third-order valence-electron chi connectivity index (χ3n) is 5.84. The molecule has 0 bridgehead atoms. The second-order valence-corrected chi connectivity index (χ2v) is 7.91. The van der Waals surface area contributed by atoms with Gasteiger partial charge in [-0.25, -0.2) is 0 Å². The summed E-state index contributed by atoms with van der Waals surface area (Å²) in [6.45, 7) is 8.36. The number of aliphatic imine (C=N–C) groups is 1. The molecule has 0 amide bonds. The van der Waals surface area contributed by atoms with Crippen LogP contribution in [0.4, 0.5) is 5.69 Å². The quantitative estimate of drug-likeness (QED) is 0.215. The van der Waals surface area contributed by atoms with Crippen molar-refractivity contribution in [3.05, 3.63) is 94.7 Å². The number of hydrogen-bond acceptors (Lipinski definition) is 2. The molecule has 1 aliphatic rings. The minimum atomic E-state index is 1.10. The van der Waals surface area contributed by atoms with Gasteiger partial charge in [-0.1, -0.05) is 54.6 Å². The monoisotopic (exact) mass is 442 g/mol. The Morgan fingerprint density at radius 2 is 1.47 bits per heavy atom. The molecule has 32 heavy (non-hydrogen) atoms. The Labute approximate surface area is 197 Å². The van der Waals surface area contributed by atoms with Crippen LogP contribution in [0.5, 0.6) is 0 Å². The van der Waals surface area contributed by atoms with Crippen molar-refractivity contribution in [2.75, 3.05) is 6.38 Å². The summed E-state index contributed by atoms with van der Waals surface area (Å²) in [6, 6.07) is 21.4. The SMILES string of the molecule is CC=Nc1c(C)ccc2cccc(C)c12.CCl.Cc1cccc2c1-c1ncccc1CC2. The lowest BCUT2D eigenvalue weighted by atomic mass is 9.86. The van der Waals surface area contributed by atoms with Crippen molar-refractivity contribution in [2.24, 2.45) is 4.99 Å². The smallest absolute Gasteiger partial charge is 0.0739 e. The zero-order chi connectivity index (χ0) is 23.1. The van der Waals surface area contributed by atoms with Gasteiger partial charge in [0.2, 0.25) is 0 Å². The number of aromatic nitrogens is 1. The van der Waals surface area contributed by atoms with E-state index in [1.165, 1.54) is 56.2 Å². The largest absolute Gasteiger partial charge is 0.261 e. The Bertz CT molecular complexity index is 1240. The van der Waals surface area contributed by atoms with Gasteiger partial charge < -0.3 is 0 Å². The highest BCUT2D eigenvalue weighted by Gasteiger charge is 2.17. The number of fused-ring (bicyclic) bond motifs is 4. The van der Waals surface area contributed by atoms with Gasteiger partial charge in [-0.2, -0.15) is 0 Å². The molecule has 164 valence electrons. The molecule has 1 heterocycles. The fourth-order valence-electron chi connectivity index (χ4n) is 4.35. The van der Waals surface area contributed by atoms with Crippen molar-refractivity contribution in [1.82, 2.24) is 4.98 Å². The lowest BCUT2D eigenvalue weighted by molar-refractivity contribution is 0.924. The average Bonchev–Trinajstić information content (AvgIpc) is 2.83. The van der Waals surface area contributed by atoms with Gasteiger partial charge in [-0.3, -0.25) is 9.98 Å². The van der Waals surface area contributed by atoms with Crippen LogP contribution in [-0.2, 0) is 12.8 Å². The van der Waals surface area contributed by atoms with Gasteiger partial charge in [0.05, 0.1) is 11.4 Å². The third kappa shape index (κ3) is 4.92. The predicted octanol–water partition coefficient (Wildman–Crippen LogP) is 8.19. The predicted molar refractivity (Wildman–Crippen MR) is 141 cm³/mol. The second-order valence-electron chi connectivity index (χ2n) is 7.91. The summed E-state index contributed by atoms with van der Waals surface area (Å²) >= 11 is 4.64. The summed E-state index contributed by atoms with van der Waals surface area (Å²) in [7, 11) is 0. The van der Waals surface area contributed by atoms with E-state index in [0.717, 1.165) is 18.5 Å². The fourth-order valence-corrected chi connectivity index (χ4v) is 4.35. The summed E-state index contributed by atoms with van der Waals surface area (Å²) in [5, 5.41) is 2.54. The molecular formula is C29H31ClN2. The van der Waals surface area contributed by atoms with E-state index >= 15 is 0 Å². The first-order valence-electron chi connectivity index (χ1n) is 11.0. The first-order chi connectivity index (χ1) is 15.6. The van der Waals surface area contributed by atoms with Crippen LogP contribution in [-0.4, -0.2) is 17.6 Å². The standard InChI is InChI=1S/C14H13N.C14H15N.CH3Cl/c1-10-4-2-5-11-7-8-12-6-3-9-15-14(12)13(10)11;1-4-15-14-11(3)8-9-12-7-5-6-10(2)13(12)14;1-2/h2-6,9H,7-8H2,1H3;4-9H,1-3H3;1H3. The van der Waals surface area contributed by atoms with Gasteiger partial charge in [-0.05, 0) is 79.8 Å². The highest BCUT2D eigenvalue weighted by Crippen LogP contribution is 2.34. The van der Waals surface area contributed by atoms with Crippen molar-refractivity contribution >= 4 is 34.3 Å². The highest BCUT2D eigenvalue weighted by molar-refractivity contribution is 6.15. The lowest BCUT2D eigenvalue weighted by Gasteiger charge is -2.20. The number of pyridine rings is 1. The van der Waals surface area contributed by atoms with E-state index in [2.05, 4.69) is 96.9 Å². The van der Waals surface area contributed by atoms with Gasteiger partial charge >= 0.3 is 0 Å². The molecule has 5 rings (SSSR count). The molecule has 3 heteroatoms. The Morgan fingerprint density at radius 1 is 0.781 bits per heavy atom. The number of alkyl halides is 1. The molecule has 2 nitrogen and oxygen atoms in total. The third-order valence-corrected chi connectivity index (χ3v) is 5.84. The number of hydrogen-bond donors (Lipinski definition) is 0. The maximum Gasteiger partial charge on any atom is 0.0739 e. The van der Waals surface area contributed by atoms with Gasteiger partial charge in [0.1, 0.15) is 0 Å². The topological polar surface area (TPSA) is 25.2 Å². The Balaban J connectivity index is 0.000000168. The minimum absolute atomic E-state index is 1.10. The van der Waals surface area contributed by atoms with Gasteiger partial charge in [0.15, 0.2) is 0 Å². The molecule has 0 saturated heterocycles. The zero-order valence-electron chi connectivity index (χ0n) is 19.6. The molecule has 0 spiro atoms. The van der Waals surface area contributed by atoms with Gasteiger partial charge in [-0.15, -0.1) is 11.6 Å². The molecule has 0 aliphatic heterocycles. The van der Waals surface area contributed by atoms with Gasteiger partial charge in [0.25, 0.3) is 0 Å². The Kier molecular flexibility index (Phi) is 8.19. The number of nitrogens with zero attached hydrogens (tertiary/aromatic N) is 2.